The van der Waals surface area contributed by atoms with Gasteiger partial charge in [0.2, 0.25) is 0 Å². The van der Waals surface area contributed by atoms with Crippen LogP contribution in [-0.4, -0.2) is 26.2 Å². The molecular formula is C25H39Br2CoN3. The molecular weight excluding hydrogens is 561 g/mol. The Balaban J connectivity index is 0. The van der Waals surface area contributed by atoms with E-state index in [0.717, 1.165) is 45.4 Å². The third-order valence-corrected chi connectivity index (χ3v) is 5.42. The zero-order valence-corrected chi connectivity index (χ0v) is 24.1. The molecule has 0 aliphatic carbocycles. The number of nitrogens with one attached hydrogen (secondary N) is 3. The summed E-state index contributed by atoms with van der Waals surface area (Å²) in [5.41, 5.74) is 11.0. The summed E-state index contributed by atoms with van der Waals surface area (Å²) in [5, 5.41) is 10.8. The van der Waals surface area contributed by atoms with E-state index in [1.165, 1.54) is 44.8 Å². The molecule has 0 atom stereocenters. The van der Waals surface area contributed by atoms with Gasteiger partial charge in [0.15, 0.2) is 0 Å². The fourth-order valence-electron chi connectivity index (χ4n) is 3.96. The molecule has 0 amide bonds. The van der Waals surface area contributed by atoms with E-state index in [1.54, 1.807) is 0 Å². The maximum atomic E-state index is 3.69. The van der Waals surface area contributed by atoms with Crippen LogP contribution in [0.15, 0.2) is 24.3 Å². The molecule has 6 heteroatoms. The van der Waals surface area contributed by atoms with Gasteiger partial charge < -0.3 is 49.9 Å². The molecule has 0 spiro atoms. The van der Waals surface area contributed by atoms with E-state index in [2.05, 4.69) is 81.8 Å². The molecule has 2 aromatic rings. The molecule has 0 bridgehead atoms. The Hall–Kier alpha value is -0.534. The van der Waals surface area contributed by atoms with Crippen molar-refractivity contribution < 1.29 is 50.7 Å². The van der Waals surface area contributed by atoms with Gasteiger partial charge in [0.1, 0.15) is 0 Å². The van der Waals surface area contributed by atoms with Crippen molar-refractivity contribution in [2.75, 3.05) is 36.8 Å². The van der Waals surface area contributed by atoms with Gasteiger partial charge in [0.05, 0.1) is 0 Å². The second kappa shape index (κ2) is 17.0. The van der Waals surface area contributed by atoms with E-state index in [-0.39, 0.29) is 50.7 Å². The molecule has 0 saturated heterocycles. The number of rotatable bonds is 11. The number of aryl methyl sites for hydroxylation is 6. The Morgan fingerprint density at radius 3 is 1.48 bits per heavy atom. The standard InChI is InChI=1S/C25H39N3.2BrH.Co/c1-7-21-16-22(8-2)25(23(9-3)17-21)28-13-11-26-10-12-27-24-19(5)14-18(4)15-20(24)6;;;/h14-17,26-28H,7-13H2,1-6H3;2*1H;/q;;;+2/p-2. The predicted molar refractivity (Wildman–Crippen MR) is 125 cm³/mol. The molecule has 0 saturated carbocycles. The minimum atomic E-state index is 0. The molecule has 2 aromatic carbocycles. The minimum absolute atomic E-state index is 0. The van der Waals surface area contributed by atoms with E-state index in [1.807, 2.05) is 0 Å². The number of halogens is 2. The predicted octanol–water partition coefficient (Wildman–Crippen LogP) is -0.582. The number of hydrogen-bond acceptors (Lipinski definition) is 3. The van der Waals surface area contributed by atoms with Crippen molar-refractivity contribution in [3.63, 3.8) is 0 Å². The monoisotopic (exact) mass is 598 g/mol. The van der Waals surface area contributed by atoms with Crippen LogP contribution in [0, 0.1) is 20.8 Å². The van der Waals surface area contributed by atoms with Gasteiger partial charge in [-0.05, 0) is 67.9 Å². The summed E-state index contributed by atoms with van der Waals surface area (Å²) in [6.45, 7) is 17.1. The van der Waals surface area contributed by atoms with E-state index < -0.39 is 0 Å². The summed E-state index contributed by atoms with van der Waals surface area (Å²) in [5.74, 6) is 0. The number of benzene rings is 2. The molecule has 0 aromatic heterocycles. The maximum absolute atomic E-state index is 3.69. The Morgan fingerprint density at radius 1 is 0.613 bits per heavy atom. The van der Waals surface area contributed by atoms with Crippen LogP contribution in [0.3, 0.4) is 0 Å². The van der Waals surface area contributed by atoms with Crippen LogP contribution in [-0.2, 0) is 36.0 Å². The first kappa shape index (κ1) is 32.6. The Kier molecular flexibility index (Phi) is 17.9. The van der Waals surface area contributed by atoms with Crippen molar-refractivity contribution >= 4 is 11.4 Å². The SMILES string of the molecule is CCc1cc(CC)c(NCCNCCNc2c(C)cc(C)cc2C)c(CC)c1.[Br-].[Br-].[Co+2]. The third-order valence-electron chi connectivity index (χ3n) is 5.42. The van der Waals surface area contributed by atoms with Crippen LogP contribution < -0.4 is 49.9 Å². The third kappa shape index (κ3) is 9.87. The van der Waals surface area contributed by atoms with Crippen LogP contribution in [0.2, 0.25) is 0 Å². The smallest absolute Gasteiger partial charge is 1.00 e. The molecule has 3 N–H and O–H groups in total. The summed E-state index contributed by atoms with van der Waals surface area (Å²) < 4.78 is 0. The van der Waals surface area contributed by atoms with Gasteiger partial charge in [-0.3, -0.25) is 0 Å². The van der Waals surface area contributed by atoms with Crippen molar-refractivity contribution in [1.82, 2.24) is 5.32 Å². The fourth-order valence-corrected chi connectivity index (χ4v) is 3.96. The molecule has 0 fully saturated rings. The second-order valence-corrected chi connectivity index (χ2v) is 7.73. The first-order chi connectivity index (χ1) is 13.5. The van der Waals surface area contributed by atoms with Crippen LogP contribution >= 0.6 is 0 Å². The Morgan fingerprint density at radius 2 is 1.06 bits per heavy atom. The fraction of sp³-hybridized carbons (Fsp3) is 0.520. The Bertz CT molecular complexity index is 733. The summed E-state index contributed by atoms with van der Waals surface area (Å²) in [6.07, 6.45) is 3.26. The van der Waals surface area contributed by atoms with Gasteiger partial charge in [-0.15, -0.1) is 0 Å². The second-order valence-electron chi connectivity index (χ2n) is 7.73. The average Bonchev–Trinajstić information content (AvgIpc) is 2.68. The van der Waals surface area contributed by atoms with Gasteiger partial charge in [0, 0.05) is 37.6 Å². The molecule has 1 radical (unpaired) electrons. The molecule has 31 heavy (non-hydrogen) atoms. The van der Waals surface area contributed by atoms with Crippen LogP contribution in [0.1, 0.15) is 54.2 Å². The summed E-state index contributed by atoms with van der Waals surface area (Å²) in [6, 6.07) is 9.22. The van der Waals surface area contributed by atoms with Crippen molar-refractivity contribution in [2.24, 2.45) is 0 Å². The van der Waals surface area contributed by atoms with Crippen molar-refractivity contribution in [3.05, 3.63) is 57.6 Å². The number of hydrogen-bond donors (Lipinski definition) is 3. The van der Waals surface area contributed by atoms with E-state index in [4.69, 9.17) is 0 Å². The van der Waals surface area contributed by atoms with Crippen LogP contribution in [0.25, 0.3) is 0 Å². The van der Waals surface area contributed by atoms with Gasteiger partial charge >= 0.3 is 16.8 Å². The van der Waals surface area contributed by atoms with Gasteiger partial charge in [-0.25, -0.2) is 0 Å². The first-order valence-electron chi connectivity index (χ1n) is 10.9. The zero-order chi connectivity index (χ0) is 20.5. The quantitative estimate of drug-likeness (QED) is 0.303. The molecule has 2 rings (SSSR count). The van der Waals surface area contributed by atoms with Crippen LogP contribution in [0.4, 0.5) is 11.4 Å². The van der Waals surface area contributed by atoms with Crippen molar-refractivity contribution in [3.8, 4) is 0 Å². The number of anilines is 2. The van der Waals surface area contributed by atoms with Crippen LogP contribution in [0.5, 0.6) is 0 Å². The maximum Gasteiger partial charge on any atom is 2.00 e. The van der Waals surface area contributed by atoms with Gasteiger partial charge in [-0.2, -0.15) is 0 Å². The molecule has 0 heterocycles. The van der Waals surface area contributed by atoms with E-state index in [0.29, 0.717) is 0 Å². The normalized spacial score (nSPS) is 9.87. The Labute approximate surface area is 221 Å². The van der Waals surface area contributed by atoms with Gasteiger partial charge in [0.25, 0.3) is 0 Å². The van der Waals surface area contributed by atoms with E-state index >= 15 is 0 Å². The van der Waals surface area contributed by atoms with E-state index in [9.17, 15) is 0 Å². The van der Waals surface area contributed by atoms with Crippen molar-refractivity contribution in [2.45, 2.75) is 60.8 Å². The molecule has 0 aliphatic rings. The molecule has 3 nitrogen and oxygen atoms in total. The summed E-state index contributed by atoms with van der Waals surface area (Å²) >= 11 is 0. The first-order valence-corrected chi connectivity index (χ1v) is 10.9. The minimum Gasteiger partial charge on any atom is -1.00 e. The van der Waals surface area contributed by atoms with Crippen molar-refractivity contribution in [1.29, 1.82) is 0 Å². The molecule has 0 unspecified atom stereocenters. The zero-order valence-electron chi connectivity index (χ0n) is 19.8. The summed E-state index contributed by atoms with van der Waals surface area (Å²) in [7, 11) is 0. The molecule has 177 valence electrons. The van der Waals surface area contributed by atoms with Gasteiger partial charge in [-0.1, -0.05) is 50.6 Å². The average molecular weight is 600 g/mol. The molecule has 0 aliphatic heterocycles. The largest absolute Gasteiger partial charge is 2.00 e. The summed E-state index contributed by atoms with van der Waals surface area (Å²) in [4.78, 5) is 0. The topological polar surface area (TPSA) is 36.1 Å².